The lowest BCUT2D eigenvalue weighted by molar-refractivity contribution is 0.346. The maximum Gasteiger partial charge on any atom is 0.0462 e. The van der Waals surface area contributed by atoms with Gasteiger partial charge in [0.25, 0.3) is 0 Å². The quantitative estimate of drug-likeness (QED) is 0.121. The second-order valence-corrected chi connectivity index (χ2v) is 21.1. The van der Waals surface area contributed by atoms with Crippen LogP contribution >= 0.6 is 0 Å². The van der Waals surface area contributed by atoms with E-state index in [2.05, 4.69) is 186 Å². The molecule has 0 saturated heterocycles. The Kier molecular flexibility index (Phi) is 13.6. The number of rotatable bonds is 12. The van der Waals surface area contributed by atoms with Crippen molar-refractivity contribution in [2.24, 2.45) is 0 Å². The predicted octanol–water partition coefficient (Wildman–Crippen LogP) is 19.7. The van der Waals surface area contributed by atoms with Gasteiger partial charge in [0.1, 0.15) is 0 Å². The van der Waals surface area contributed by atoms with Gasteiger partial charge in [-0.05, 0) is 181 Å². The monoisotopic (exact) mass is 893 g/mol. The van der Waals surface area contributed by atoms with E-state index in [0.717, 1.165) is 0 Å². The second-order valence-electron chi connectivity index (χ2n) is 21.1. The molecule has 0 aromatic heterocycles. The molecule has 68 heavy (non-hydrogen) atoms. The predicted molar refractivity (Wildman–Crippen MR) is 289 cm³/mol. The van der Waals surface area contributed by atoms with Crippen LogP contribution in [-0.2, 0) is 5.41 Å². The van der Waals surface area contributed by atoms with Crippen LogP contribution in [0.2, 0.25) is 0 Å². The molecule has 2 heteroatoms. The van der Waals surface area contributed by atoms with Crippen molar-refractivity contribution in [3.63, 3.8) is 0 Å². The summed E-state index contributed by atoms with van der Waals surface area (Å²) in [6, 6.07) is 68.3. The Morgan fingerprint density at radius 3 is 0.882 bits per heavy atom. The zero-order valence-corrected chi connectivity index (χ0v) is 40.5. The lowest BCUT2D eigenvalue weighted by Gasteiger charge is -2.39. The van der Waals surface area contributed by atoms with E-state index in [0.29, 0.717) is 17.8 Å². The van der Waals surface area contributed by atoms with Crippen molar-refractivity contribution in [1.29, 1.82) is 0 Å². The SMILES string of the molecule is c1ccc(-c2ccc(N(c3ccc(C4CCCCC4)cc3)c3ccc(C4(c5ccc(N(c6ccc(C7CCCCC7)cc6)c6ccc(C7CCCCC7)cc6)cc5)CCCCC4)cc3)cc2)cc1. The third-order valence-electron chi connectivity index (χ3n) is 17.0. The van der Waals surface area contributed by atoms with E-state index in [1.165, 1.54) is 201 Å². The molecule has 0 N–H and O–H groups in total. The van der Waals surface area contributed by atoms with Crippen molar-refractivity contribution in [2.45, 2.75) is 152 Å². The molecule has 4 saturated carbocycles. The molecule has 11 rings (SSSR count). The van der Waals surface area contributed by atoms with Gasteiger partial charge in [-0.25, -0.2) is 0 Å². The van der Waals surface area contributed by atoms with Crippen LogP contribution < -0.4 is 9.80 Å². The molecule has 0 aliphatic heterocycles. The topological polar surface area (TPSA) is 6.48 Å². The van der Waals surface area contributed by atoms with Crippen LogP contribution in [0.25, 0.3) is 11.1 Å². The zero-order chi connectivity index (χ0) is 45.5. The molecule has 0 heterocycles. The van der Waals surface area contributed by atoms with Crippen LogP contribution in [-0.4, -0.2) is 0 Å². The largest absolute Gasteiger partial charge is 0.311 e. The first-order valence-corrected chi connectivity index (χ1v) is 27.0. The average Bonchev–Trinajstić information content (AvgIpc) is 3.43. The highest BCUT2D eigenvalue weighted by atomic mass is 15.1. The number of anilines is 6. The van der Waals surface area contributed by atoms with Gasteiger partial charge in [-0.3, -0.25) is 0 Å². The standard InChI is InChI=1S/C66H72N2/c1-6-16-50(17-7-1)54-24-36-60(37-25-54)67(61-38-26-55(27-39-61)51-18-8-2-9-19-51)64-44-32-58(33-45-64)66(48-14-5-15-49-66)59-34-46-65(47-35-59)68(62-40-28-56(29-41-62)52-20-10-3-11-21-52)63-42-30-57(31-43-63)53-22-12-4-13-23-53/h1,6-7,16-17,24-47,51-53H,2-5,8-15,18-23,48-49H2. The molecule has 0 spiro atoms. The summed E-state index contributed by atoms with van der Waals surface area (Å²) >= 11 is 0. The maximum absolute atomic E-state index is 2.50. The molecular formula is C66H72N2. The van der Waals surface area contributed by atoms with Crippen molar-refractivity contribution in [2.75, 3.05) is 9.80 Å². The zero-order valence-electron chi connectivity index (χ0n) is 40.5. The highest BCUT2D eigenvalue weighted by Crippen LogP contribution is 2.48. The van der Waals surface area contributed by atoms with E-state index in [4.69, 9.17) is 0 Å². The highest BCUT2D eigenvalue weighted by Gasteiger charge is 2.36. The summed E-state index contributed by atoms with van der Waals surface area (Å²) in [5.74, 6) is 2.09. The van der Waals surface area contributed by atoms with Gasteiger partial charge in [0, 0.05) is 39.5 Å². The molecule has 4 aliphatic carbocycles. The molecule has 7 aromatic carbocycles. The summed E-state index contributed by atoms with van der Waals surface area (Å²) in [5, 5.41) is 0. The van der Waals surface area contributed by atoms with Crippen LogP contribution in [0.3, 0.4) is 0 Å². The van der Waals surface area contributed by atoms with Crippen LogP contribution in [0, 0.1) is 0 Å². The van der Waals surface area contributed by atoms with Crippen molar-refractivity contribution in [3.05, 3.63) is 204 Å². The first kappa shape index (κ1) is 44.6. The molecule has 4 aliphatic rings. The molecule has 0 radical (unpaired) electrons. The lowest BCUT2D eigenvalue weighted by atomic mass is 9.65. The molecule has 0 atom stereocenters. The van der Waals surface area contributed by atoms with Gasteiger partial charge in [0.2, 0.25) is 0 Å². The van der Waals surface area contributed by atoms with Gasteiger partial charge in [0.15, 0.2) is 0 Å². The Morgan fingerprint density at radius 2 is 0.544 bits per heavy atom. The molecule has 4 fully saturated rings. The molecular weight excluding hydrogens is 821 g/mol. The number of benzene rings is 7. The van der Waals surface area contributed by atoms with Gasteiger partial charge in [-0.1, -0.05) is 180 Å². The minimum absolute atomic E-state index is 0.0206. The Hall–Kier alpha value is -5.86. The molecule has 346 valence electrons. The lowest BCUT2D eigenvalue weighted by Crippen LogP contribution is -2.30. The Morgan fingerprint density at radius 1 is 0.265 bits per heavy atom. The Balaban J connectivity index is 0.911. The highest BCUT2D eigenvalue weighted by molar-refractivity contribution is 5.79. The maximum atomic E-state index is 2.50. The fourth-order valence-corrected chi connectivity index (χ4v) is 13.1. The second kappa shape index (κ2) is 20.8. The van der Waals surface area contributed by atoms with E-state index >= 15 is 0 Å². The first-order valence-electron chi connectivity index (χ1n) is 27.0. The Bertz CT molecular complexity index is 2580. The third-order valence-corrected chi connectivity index (χ3v) is 17.0. The van der Waals surface area contributed by atoms with E-state index in [1.54, 1.807) is 0 Å². The Labute approximate surface area is 408 Å². The minimum atomic E-state index is -0.0206. The summed E-state index contributed by atoms with van der Waals surface area (Å²) in [7, 11) is 0. The normalized spacial score (nSPS) is 18.2. The van der Waals surface area contributed by atoms with Crippen LogP contribution in [0.4, 0.5) is 34.1 Å². The third kappa shape index (κ3) is 9.58. The van der Waals surface area contributed by atoms with Crippen LogP contribution in [0.5, 0.6) is 0 Å². The average molecular weight is 893 g/mol. The van der Waals surface area contributed by atoms with Gasteiger partial charge in [-0.15, -0.1) is 0 Å². The molecule has 0 unspecified atom stereocenters. The molecule has 2 nitrogen and oxygen atoms in total. The molecule has 0 amide bonds. The molecule has 0 bridgehead atoms. The minimum Gasteiger partial charge on any atom is -0.311 e. The van der Waals surface area contributed by atoms with E-state index in [1.807, 2.05) is 0 Å². The van der Waals surface area contributed by atoms with Crippen molar-refractivity contribution in [3.8, 4) is 11.1 Å². The summed E-state index contributed by atoms with van der Waals surface area (Å²) < 4.78 is 0. The summed E-state index contributed by atoms with van der Waals surface area (Å²) in [4.78, 5) is 4.97. The fraction of sp³-hybridized carbons (Fsp3) is 0.364. The number of hydrogen-bond donors (Lipinski definition) is 0. The summed E-state index contributed by atoms with van der Waals surface area (Å²) in [6.07, 6.45) is 26.4. The van der Waals surface area contributed by atoms with Crippen LogP contribution in [0.15, 0.2) is 176 Å². The van der Waals surface area contributed by atoms with Gasteiger partial charge >= 0.3 is 0 Å². The molecule has 7 aromatic rings. The number of hydrogen-bond acceptors (Lipinski definition) is 2. The van der Waals surface area contributed by atoms with Gasteiger partial charge in [0.05, 0.1) is 0 Å². The van der Waals surface area contributed by atoms with E-state index in [-0.39, 0.29) is 5.41 Å². The van der Waals surface area contributed by atoms with Crippen molar-refractivity contribution >= 4 is 34.1 Å². The van der Waals surface area contributed by atoms with E-state index in [9.17, 15) is 0 Å². The first-order chi connectivity index (χ1) is 33.7. The van der Waals surface area contributed by atoms with Gasteiger partial charge in [-0.2, -0.15) is 0 Å². The van der Waals surface area contributed by atoms with E-state index < -0.39 is 0 Å². The number of nitrogens with zero attached hydrogens (tertiary/aromatic N) is 2. The smallest absolute Gasteiger partial charge is 0.0462 e. The van der Waals surface area contributed by atoms with Crippen molar-refractivity contribution in [1.82, 2.24) is 0 Å². The van der Waals surface area contributed by atoms with Crippen LogP contribution in [0.1, 0.15) is 174 Å². The van der Waals surface area contributed by atoms with Crippen molar-refractivity contribution < 1.29 is 0 Å². The summed E-state index contributed by atoms with van der Waals surface area (Å²) in [5.41, 5.74) is 17.2. The summed E-state index contributed by atoms with van der Waals surface area (Å²) in [6.45, 7) is 0. The fourth-order valence-electron chi connectivity index (χ4n) is 13.1. The van der Waals surface area contributed by atoms with Gasteiger partial charge < -0.3 is 9.80 Å².